The molecule has 6 heteroatoms. The van der Waals surface area contributed by atoms with Crippen LogP contribution in [0.25, 0.3) is 11.0 Å². The van der Waals surface area contributed by atoms with E-state index in [-0.39, 0.29) is 0 Å². The monoisotopic (exact) mass is 428 g/mol. The van der Waals surface area contributed by atoms with Crippen LogP contribution >= 0.6 is 0 Å². The standard InChI is InChI=1S/C26H28N4O2/c1-31-21-11-7-19(8-12-21)15-17-27-25-26(30-24-6-4-3-5-23(24)29-25)28-18-16-20-9-13-22(32-2)14-10-20/h3-14H,15-18H2,1-2H3,(H,27,29)(H,28,30). The van der Waals surface area contributed by atoms with Gasteiger partial charge in [0.2, 0.25) is 0 Å². The van der Waals surface area contributed by atoms with Crippen LogP contribution in [-0.4, -0.2) is 37.3 Å². The van der Waals surface area contributed by atoms with Gasteiger partial charge in [0.05, 0.1) is 25.3 Å². The Balaban J connectivity index is 1.55. The summed E-state index contributed by atoms with van der Waals surface area (Å²) in [6.07, 6.45) is 1.69. The molecular formula is C26H28N4O2. The molecule has 6 nitrogen and oxygen atoms in total. The number of nitrogens with one attached hydrogen (secondary N) is 2. The van der Waals surface area contributed by atoms with Gasteiger partial charge in [-0.2, -0.15) is 0 Å². The molecular weight excluding hydrogens is 400 g/mol. The van der Waals surface area contributed by atoms with E-state index < -0.39 is 0 Å². The maximum Gasteiger partial charge on any atom is 0.169 e. The Morgan fingerprint density at radius 3 is 1.38 bits per heavy atom. The van der Waals surface area contributed by atoms with Gasteiger partial charge in [-0.15, -0.1) is 0 Å². The number of methoxy groups -OCH3 is 2. The Morgan fingerprint density at radius 2 is 1.00 bits per heavy atom. The van der Waals surface area contributed by atoms with Gasteiger partial charge in [-0.1, -0.05) is 36.4 Å². The summed E-state index contributed by atoms with van der Waals surface area (Å²) >= 11 is 0. The van der Waals surface area contributed by atoms with E-state index in [0.29, 0.717) is 13.1 Å². The minimum Gasteiger partial charge on any atom is -0.497 e. The Morgan fingerprint density at radius 1 is 0.594 bits per heavy atom. The minimum atomic E-state index is 0.663. The minimum absolute atomic E-state index is 0.663. The van der Waals surface area contributed by atoms with E-state index in [4.69, 9.17) is 19.5 Å². The van der Waals surface area contributed by atoms with Crippen LogP contribution < -0.4 is 20.4 Å². The highest BCUT2D eigenvalue weighted by atomic mass is 16.5. The second-order valence-electron chi connectivity index (χ2n) is 7.45. The molecule has 4 aromatic rings. The highest BCUT2D eigenvalue weighted by molar-refractivity contribution is 5.72. The molecule has 2 N–H and O–H groups in total. The summed E-state index contributed by atoms with van der Waals surface area (Å²) in [5.74, 6) is 1.72. The molecule has 32 heavy (non-hydrogen) atoms. The lowest BCUT2D eigenvalue weighted by atomic mass is 10.1. The molecule has 0 spiro atoms. The number of H-pyrrole nitrogens is 2. The molecule has 1 aromatic heterocycles. The summed E-state index contributed by atoms with van der Waals surface area (Å²) in [6.45, 7) is 1.33. The van der Waals surface area contributed by atoms with Crippen LogP contribution in [0.5, 0.6) is 11.5 Å². The maximum atomic E-state index is 5.23. The number of fused-ring (bicyclic) bond motifs is 1. The summed E-state index contributed by atoms with van der Waals surface area (Å²) in [6, 6.07) is 24.3. The lowest BCUT2D eigenvalue weighted by Crippen LogP contribution is -2.33. The highest BCUT2D eigenvalue weighted by Gasteiger charge is 1.99. The SMILES string of the molecule is COc1ccc(CCN=c2[nH]c3ccccc3[nH]c2=NCCc2ccc(OC)cc2)cc1. The van der Waals surface area contributed by atoms with E-state index in [1.54, 1.807) is 14.2 Å². The van der Waals surface area contributed by atoms with Crippen molar-refractivity contribution in [2.75, 3.05) is 27.3 Å². The molecule has 0 aliphatic rings. The highest BCUT2D eigenvalue weighted by Crippen LogP contribution is 2.12. The van der Waals surface area contributed by atoms with Crippen molar-refractivity contribution in [1.29, 1.82) is 0 Å². The van der Waals surface area contributed by atoms with Crippen molar-refractivity contribution < 1.29 is 9.47 Å². The van der Waals surface area contributed by atoms with Crippen molar-refractivity contribution in [3.8, 4) is 11.5 Å². The van der Waals surface area contributed by atoms with Crippen LogP contribution in [0.15, 0.2) is 82.8 Å². The van der Waals surface area contributed by atoms with E-state index in [9.17, 15) is 0 Å². The lowest BCUT2D eigenvalue weighted by Gasteiger charge is -2.03. The van der Waals surface area contributed by atoms with Crippen molar-refractivity contribution in [3.05, 3.63) is 94.9 Å². The maximum absolute atomic E-state index is 5.23. The van der Waals surface area contributed by atoms with Crippen LogP contribution in [0, 0.1) is 0 Å². The van der Waals surface area contributed by atoms with Crippen molar-refractivity contribution in [3.63, 3.8) is 0 Å². The Labute approximate surface area is 187 Å². The zero-order valence-electron chi connectivity index (χ0n) is 18.5. The first-order chi connectivity index (χ1) is 15.7. The number of nitrogens with zero attached hydrogens (tertiary/aromatic N) is 2. The lowest BCUT2D eigenvalue weighted by molar-refractivity contribution is 0.414. The fourth-order valence-electron chi connectivity index (χ4n) is 3.48. The second-order valence-corrected chi connectivity index (χ2v) is 7.45. The first kappa shape index (κ1) is 21.4. The van der Waals surface area contributed by atoms with Gasteiger partial charge in [-0.3, -0.25) is 9.98 Å². The van der Waals surface area contributed by atoms with Gasteiger partial charge in [0.25, 0.3) is 0 Å². The molecule has 0 unspecified atom stereocenters. The molecule has 4 rings (SSSR count). The van der Waals surface area contributed by atoms with Gasteiger partial charge in [-0.25, -0.2) is 0 Å². The molecule has 3 aromatic carbocycles. The fraction of sp³-hybridized carbons (Fsp3) is 0.231. The number of rotatable bonds is 8. The van der Waals surface area contributed by atoms with Crippen LogP contribution in [0.3, 0.4) is 0 Å². The number of aromatic amines is 2. The molecule has 0 aliphatic carbocycles. The van der Waals surface area contributed by atoms with Gasteiger partial charge < -0.3 is 19.4 Å². The summed E-state index contributed by atoms with van der Waals surface area (Å²) in [5.41, 5.74) is 5.99. The third-order valence-corrected chi connectivity index (χ3v) is 5.32. The molecule has 0 atom stereocenters. The predicted molar refractivity (Wildman–Crippen MR) is 127 cm³/mol. The van der Waals surface area contributed by atoms with E-state index in [1.807, 2.05) is 48.5 Å². The van der Waals surface area contributed by atoms with Crippen molar-refractivity contribution in [2.24, 2.45) is 9.98 Å². The van der Waals surface area contributed by atoms with Crippen molar-refractivity contribution in [2.45, 2.75) is 12.8 Å². The topological polar surface area (TPSA) is 74.8 Å². The van der Waals surface area contributed by atoms with Crippen molar-refractivity contribution in [1.82, 2.24) is 9.97 Å². The quantitative estimate of drug-likeness (QED) is 0.448. The van der Waals surface area contributed by atoms with Crippen LogP contribution in [0.2, 0.25) is 0 Å². The molecule has 0 bridgehead atoms. The van der Waals surface area contributed by atoms with Crippen LogP contribution in [-0.2, 0) is 12.8 Å². The van der Waals surface area contributed by atoms with E-state index in [2.05, 4.69) is 34.2 Å². The zero-order valence-corrected chi connectivity index (χ0v) is 18.5. The number of aromatic nitrogens is 2. The Kier molecular flexibility index (Phi) is 7.02. The normalized spacial score (nSPS) is 12.3. The molecule has 0 fully saturated rings. The molecule has 0 saturated heterocycles. The number of ether oxygens (including phenoxy) is 2. The average molecular weight is 429 g/mol. The number of para-hydroxylation sites is 2. The number of hydrogen-bond donors (Lipinski definition) is 2. The second kappa shape index (κ2) is 10.5. The summed E-state index contributed by atoms with van der Waals surface area (Å²) in [4.78, 5) is 16.5. The van der Waals surface area contributed by atoms with Gasteiger partial charge >= 0.3 is 0 Å². The van der Waals surface area contributed by atoms with Crippen molar-refractivity contribution >= 4 is 11.0 Å². The summed E-state index contributed by atoms with van der Waals surface area (Å²) in [5, 5.41) is 0. The Hall–Kier alpha value is -3.80. The van der Waals surface area contributed by atoms with Gasteiger partial charge in [0.15, 0.2) is 11.0 Å². The largest absolute Gasteiger partial charge is 0.497 e. The average Bonchev–Trinajstić information content (AvgIpc) is 2.85. The van der Waals surface area contributed by atoms with Crippen LogP contribution in [0.1, 0.15) is 11.1 Å². The summed E-state index contributed by atoms with van der Waals surface area (Å²) < 4.78 is 10.5. The summed E-state index contributed by atoms with van der Waals surface area (Å²) in [7, 11) is 3.35. The Bertz CT molecular complexity index is 1180. The number of benzene rings is 3. The predicted octanol–water partition coefficient (Wildman–Crippen LogP) is 3.80. The third-order valence-electron chi connectivity index (χ3n) is 5.32. The van der Waals surface area contributed by atoms with E-state index >= 15 is 0 Å². The molecule has 0 radical (unpaired) electrons. The first-order valence-corrected chi connectivity index (χ1v) is 10.7. The molecule has 0 amide bonds. The van der Waals surface area contributed by atoms with Gasteiger partial charge in [-0.05, 0) is 60.4 Å². The van der Waals surface area contributed by atoms with E-state index in [1.165, 1.54) is 11.1 Å². The molecule has 0 saturated carbocycles. The first-order valence-electron chi connectivity index (χ1n) is 10.7. The van der Waals surface area contributed by atoms with Gasteiger partial charge in [0.1, 0.15) is 11.5 Å². The molecule has 164 valence electrons. The molecule has 1 heterocycles. The molecule has 0 aliphatic heterocycles. The smallest absolute Gasteiger partial charge is 0.169 e. The third kappa shape index (κ3) is 5.46. The number of hydrogen-bond acceptors (Lipinski definition) is 4. The van der Waals surface area contributed by atoms with E-state index in [0.717, 1.165) is 46.3 Å². The van der Waals surface area contributed by atoms with Crippen LogP contribution in [0.4, 0.5) is 0 Å². The fourth-order valence-corrected chi connectivity index (χ4v) is 3.48. The zero-order chi connectivity index (χ0) is 22.2. The van der Waals surface area contributed by atoms with Gasteiger partial charge in [0, 0.05) is 13.1 Å².